The smallest absolute Gasteiger partial charge is 0.341 e. The zero-order chi connectivity index (χ0) is 30.0. The number of nitrogens with zero attached hydrogens (tertiary/aromatic N) is 2. The number of nitrogens with one attached hydrogen (secondary N) is 1. The number of aromatic nitrogens is 1. The van der Waals surface area contributed by atoms with E-state index >= 15 is 0 Å². The van der Waals surface area contributed by atoms with Gasteiger partial charge in [0.2, 0.25) is 0 Å². The van der Waals surface area contributed by atoms with Crippen LogP contribution >= 0.6 is 23.2 Å². The Kier molecular flexibility index (Phi) is 8.84. The number of ether oxygens (including phenoxy) is 2. The van der Waals surface area contributed by atoms with Crippen LogP contribution in [0.15, 0.2) is 77.7 Å². The SMILES string of the molecule is CCOC(=O)c1c(S(=O)(=O)Nc2ccc(Cl)c(O[C@@H]3CCN(C)C3)c2)c(C)n(-c2ccccc2)c1-c1ccc(Cl)cc1. The fourth-order valence-corrected chi connectivity index (χ4v) is 6.96. The van der Waals surface area contributed by atoms with Gasteiger partial charge in [0.25, 0.3) is 10.0 Å². The second kappa shape index (κ2) is 12.4. The molecule has 1 N–H and O–H groups in total. The van der Waals surface area contributed by atoms with Gasteiger partial charge in [0.05, 0.1) is 23.0 Å². The van der Waals surface area contributed by atoms with E-state index in [0.29, 0.717) is 38.4 Å². The van der Waals surface area contributed by atoms with Gasteiger partial charge in [-0.2, -0.15) is 0 Å². The third kappa shape index (κ3) is 6.15. The summed E-state index contributed by atoms with van der Waals surface area (Å²) in [5, 5.41) is 0.877. The Labute approximate surface area is 255 Å². The molecular weight excluding hydrogens is 597 g/mol. The summed E-state index contributed by atoms with van der Waals surface area (Å²) in [5.74, 6) is -0.380. The summed E-state index contributed by atoms with van der Waals surface area (Å²) >= 11 is 12.6. The molecule has 0 unspecified atom stereocenters. The van der Waals surface area contributed by atoms with Gasteiger partial charge in [-0.1, -0.05) is 53.5 Å². The first-order chi connectivity index (χ1) is 20.1. The average molecular weight is 629 g/mol. The molecular formula is C31H31Cl2N3O5S. The van der Waals surface area contributed by atoms with Gasteiger partial charge >= 0.3 is 5.97 Å². The Morgan fingerprint density at radius 3 is 2.40 bits per heavy atom. The zero-order valence-electron chi connectivity index (χ0n) is 23.4. The van der Waals surface area contributed by atoms with Crippen LogP contribution in [-0.2, 0) is 14.8 Å². The molecule has 1 fully saturated rings. The highest BCUT2D eigenvalue weighted by atomic mass is 35.5. The molecule has 220 valence electrons. The zero-order valence-corrected chi connectivity index (χ0v) is 25.8. The van der Waals surface area contributed by atoms with Crippen LogP contribution in [0, 0.1) is 6.92 Å². The predicted molar refractivity (Wildman–Crippen MR) is 166 cm³/mol. The Bertz CT molecular complexity index is 1710. The van der Waals surface area contributed by atoms with Crippen LogP contribution in [-0.4, -0.2) is 56.7 Å². The third-order valence-electron chi connectivity index (χ3n) is 7.06. The number of esters is 1. The van der Waals surface area contributed by atoms with Crippen LogP contribution in [0.4, 0.5) is 5.69 Å². The number of likely N-dealkylation sites (tertiary alicyclic amines) is 1. The minimum absolute atomic E-state index is 0.0566. The van der Waals surface area contributed by atoms with Crippen LogP contribution in [0.5, 0.6) is 5.75 Å². The van der Waals surface area contributed by atoms with E-state index in [0.717, 1.165) is 19.5 Å². The lowest BCUT2D eigenvalue weighted by Gasteiger charge is -2.16. The Balaban J connectivity index is 1.65. The quantitative estimate of drug-likeness (QED) is 0.205. The minimum atomic E-state index is -4.33. The number of carbonyl (C=O) groups is 1. The fraction of sp³-hybridized carbons (Fsp3) is 0.258. The number of likely N-dealkylation sites (N-methyl/N-ethyl adjacent to an activating group) is 1. The van der Waals surface area contributed by atoms with Gasteiger partial charge in [-0.3, -0.25) is 4.72 Å². The van der Waals surface area contributed by atoms with Gasteiger partial charge in [0, 0.05) is 35.6 Å². The molecule has 4 aromatic rings. The average Bonchev–Trinajstić information content (AvgIpc) is 3.51. The van der Waals surface area contributed by atoms with Crippen LogP contribution < -0.4 is 9.46 Å². The number of para-hydroxylation sites is 1. The number of benzene rings is 3. The maximum Gasteiger partial charge on any atom is 0.341 e. The van der Waals surface area contributed by atoms with E-state index in [2.05, 4.69) is 9.62 Å². The largest absolute Gasteiger partial charge is 0.487 e. The van der Waals surface area contributed by atoms with Crippen molar-refractivity contribution in [3.63, 3.8) is 0 Å². The molecule has 0 spiro atoms. The van der Waals surface area contributed by atoms with Crippen LogP contribution in [0.1, 0.15) is 29.4 Å². The fourth-order valence-electron chi connectivity index (χ4n) is 5.21. The Morgan fingerprint density at radius 1 is 1.05 bits per heavy atom. The lowest BCUT2D eigenvalue weighted by molar-refractivity contribution is 0.0523. The highest BCUT2D eigenvalue weighted by Crippen LogP contribution is 2.39. The molecule has 0 saturated carbocycles. The highest BCUT2D eigenvalue weighted by molar-refractivity contribution is 7.92. The first-order valence-electron chi connectivity index (χ1n) is 13.5. The minimum Gasteiger partial charge on any atom is -0.487 e. The summed E-state index contributed by atoms with van der Waals surface area (Å²) in [7, 11) is -2.32. The predicted octanol–water partition coefficient (Wildman–Crippen LogP) is 6.82. The summed E-state index contributed by atoms with van der Waals surface area (Å²) in [4.78, 5) is 15.5. The van der Waals surface area contributed by atoms with Crippen molar-refractivity contribution in [2.24, 2.45) is 0 Å². The molecule has 3 aromatic carbocycles. The molecule has 1 atom stereocenters. The van der Waals surface area contributed by atoms with Crippen molar-refractivity contribution in [1.82, 2.24) is 9.47 Å². The summed E-state index contributed by atoms with van der Waals surface area (Å²) in [6, 6.07) is 20.8. The highest BCUT2D eigenvalue weighted by Gasteiger charge is 2.35. The van der Waals surface area contributed by atoms with E-state index in [-0.39, 0.29) is 28.9 Å². The van der Waals surface area contributed by atoms with Gasteiger partial charge in [0.1, 0.15) is 22.3 Å². The van der Waals surface area contributed by atoms with Gasteiger partial charge in [0.15, 0.2) is 0 Å². The molecule has 0 bridgehead atoms. The lowest BCUT2D eigenvalue weighted by Crippen LogP contribution is -2.21. The molecule has 11 heteroatoms. The standard InChI is InChI=1S/C31H31Cl2N3O5S/c1-4-40-31(37)28-29(21-10-12-22(32)13-11-21)36(24-8-6-5-7-9-24)20(2)30(28)42(38,39)34-23-14-15-26(33)27(18-23)41-25-16-17-35(3)19-25/h5-15,18,25,34H,4,16-17,19H2,1-3H3/t25-/m1/s1. The number of hydrogen-bond acceptors (Lipinski definition) is 6. The number of rotatable bonds is 9. The van der Waals surface area contributed by atoms with E-state index in [1.165, 1.54) is 0 Å². The molecule has 42 heavy (non-hydrogen) atoms. The second-order valence-corrected chi connectivity index (χ2v) is 12.5. The van der Waals surface area contributed by atoms with E-state index in [1.807, 2.05) is 37.4 Å². The maximum absolute atomic E-state index is 14.2. The van der Waals surface area contributed by atoms with Crippen LogP contribution in [0.25, 0.3) is 16.9 Å². The number of carbonyl (C=O) groups excluding carboxylic acids is 1. The molecule has 0 aliphatic carbocycles. The first-order valence-corrected chi connectivity index (χ1v) is 15.7. The molecule has 1 aliphatic heterocycles. The molecule has 2 heterocycles. The molecule has 5 rings (SSSR count). The lowest BCUT2D eigenvalue weighted by atomic mass is 10.1. The molecule has 0 amide bonds. The topological polar surface area (TPSA) is 89.9 Å². The number of halogens is 2. The number of anilines is 1. The van der Waals surface area contributed by atoms with E-state index < -0.39 is 16.0 Å². The van der Waals surface area contributed by atoms with Gasteiger partial charge in [-0.25, -0.2) is 13.2 Å². The van der Waals surface area contributed by atoms with Crippen LogP contribution in [0.3, 0.4) is 0 Å². The Morgan fingerprint density at radius 2 is 1.76 bits per heavy atom. The van der Waals surface area contributed by atoms with Crippen LogP contribution in [0.2, 0.25) is 10.0 Å². The van der Waals surface area contributed by atoms with Crippen molar-refractivity contribution < 1.29 is 22.7 Å². The molecule has 0 radical (unpaired) electrons. The van der Waals surface area contributed by atoms with Crippen molar-refractivity contribution >= 4 is 44.9 Å². The summed E-state index contributed by atoms with van der Waals surface area (Å²) < 4.78 is 44.3. The maximum atomic E-state index is 14.2. The van der Waals surface area contributed by atoms with Crippen molar-refractivity contribution in [2.45, 2.75) is 31.3 Å². The Hall–Kier alpha value is -3.50. The summed E-state index contributed by atoms with van der Waals surface area (Å²) in [5.41, 5.74) is 2.15. The second-order valence-electron chi connectivity index (χ2n) is 10.1. The molecule has 8 nitrogen and oxygen atoms in total. The summed E-state index contributed by atoms with van der Waals surface area (Å²) in [6.07, 6.45) is 0.782. The van der Waals surface area contributed by atoms with Gasteiger partial charge in [-0.05, 0) is 69.3 Å². The molecule has 1 aliphatic rings. The molecule has 1 aromatic heterocycles. The molecule has 1 saturated heterocycles. The number of hydrogen-bond donors (Lipinski definition) is 1. The van der Waals surface area contributed by atoms with Crippen molar-refractivity contribution in [1.29, 1.82) is 0 Å². The van der Waals surface area contributed by atoms with Gasteiger partial charge in [-0.15, -0.1) is 0 Å². The normalized spacial score (nSPS) is 15.5. The van der Waals surface area contributed by atoms with E-state index in [4.69, 9.17) is 32.7 Å². The van der Waals surface area contributed by atoms with Gasteiger partial charge < -0.3 is 18.9 Å². The summed E-state index contributed by atoms with van der Waals surface area (Å²) in [6.45, 7) is 5.05. The van der Waals surface area contributed by atoms with Crippen molar-refractivity contribution in [3.8, 4) is 22.7 Å². The van der Waals surface area contributed by atoms with Crippen molar-refractivity contribution in [3.05, 3.63) is 94.1 Å². The van der Waals surface area contributed by atoms with E-state index in [9.17, 15) is 13.2 Å². The number of sulfonamides is 1. The van der Waals surface area contributed by atoms with E-state index in [1.54, 1.807) is 60.9 Å². The first kappa shape index (κ1) is 30.0. The third-order valence-corrected chi connectivity index (χ3v) is 9.16. The van der Waals surface area contributed by atoms with Crippen molar-refractivity contribution in [2.75, 3.05) is 31.5 Å². The monoisotopic (exact) mass is 627 g/mol.